The van der Waals surface area contributed by atoms with Crippen LogP contribution in [-0.4, -0.2) is 44.1 Å². The van der Waals surface area contributed by atoms with Crippen molar-refractivity contribution in [3.63, 3.8) is 0 Å². The number of hydrogen-bond donors (Lipinski definition) is 1. The molecule has 1 aromatic heterocycles. The van der Waals surface area contributed by atoms with Crippen LogP contribution in [0.3, 0.4) is 0 Å². The summed E-state index contributed by atoms with van der Waals surface area (Å²) in [4.78, 5) is 17.9. The summed E-state index contributed by atoms with van der Waals surface area (Å²) < 4.78 is 9.83. The minimum absolute atomic E-state index is 0.0169. The van der Waals surface area contributed by atoms with Gasteiger partial charge in [0.1, 0.15) is 0 Å². The molecule has 0 bridgehead atoms. The van der Waals surface area contributed by atoms with Crippen LogP contribution in [0.2, 0.25) is 0 Å². The smallest absolute Gasteiger partial charge is 0.308 e. The average molecular weight is 279 g/mol. The number of nitrogens with zero attached hydrogens (tertiary/aromatic N) is 2. The predicted molar refractivity (Wildman–Crippen MR) is 75.2 cm³/mol. The van der Waals surface area contributed by atoms with Gasteiger partial charge >= 0.3 is 5.97 Å². The fourth-order valence-corrected chi connectivity index (χ4v) is 2.40. The van der Waals surface area contributed by atoms with E-state index in [4.69, 9.17) is 9.15 Å². The third-order valence-corrected chi connectivity index (χ3v) is 3.57. The third kappa shape index (κ3) is 3.53. The number of hydrogen-bond acceptors (Lipinski definition) is 4. The van der Waals surface area contributed by atoms with E-state index in [1.165, 1.54) is 7.11 Å². The van der Waals surface area contributed by atoms with E-state index in [1.807, 2.05) is 6.07 Å². The van der Waals surface area contributed by atoms with Crippen molar-refractivity contribution >= 4 is 11.9 Å². The molecule has 0 saturated carbocycles. The van der Waals surface area contributed by atoms with Gasteiger partial charge in [0.05, 0.1) is 25.6 Å². The van der Waals surface area contributed by atoms with Crippen LogP contribution in [0.4, 0.5) is 0 Å². The number of likely N-dealkylation sites (tertiary alicyclic amines) is 1. The molecule has 20 heavy (non-hydrogen) atoms. The van der Waals surface area contributed by atoms with Gasteiger partial charge < -0.3 is 19.4 Å². The van der Waals surface area contributed by atoms with Crippen LogP contribution < -0.4 is 5.32 Å². The molecule has 0 aliphatic carbocycles. The Balaban J connectivity index is 1.83. The molecular weight excluding hydrogens is 258 g/mol. The van der Waals surface area contributed by atoms with E-state index in [-0.39, 0.29) is 11.9 Å². The lowest BCUT2D eigenvalue weighted by Gasteiger charge is -2.33. The molecule has 2 rings (SSSR count). The summed E-state index contributed by atoms with van der Waals surface area (Å²) in [6, 6.07) is 1.92. The number of carbonyl (C=O) groups excluding carboxylic acids is 1. The highest BCUT2D eigenvalue weighted by Crippen LogP contribution is 2.18. The van der Waals surface area contributed by atoms with Crippen LogP contribution in [0.1, 0.15) is 18.4 Å². The van der Waals surface area contributed by atoms with Gasteiger partial charge in [0, 0.05) is 32.2 Å². The Hall–Kier alpha value is -1.98. The molecule has 0 spiro atoms. The summed E-state index contributed by atoms with van der Waals surface area (Å²) in [5.74, 6) is 0.767. The zero-order valence-corrected chi connectivity index (χ0v) is 12.0. The Labute approximate surface area is 118 Å². The number of aliphatic imine (C=N–C) groups is 1. The van der Waals surface area contributed by atoms with Crippen molar-refractivity contribution in [1.82, 2.24) is 10.2 Å². The monoisotopic (exact) mass is 279 g/mol. The molecule has 1 aromatic rings. The molecule has 6 heteroatoms. The van der Waals surface area contributed by atoms with E-state index < -0.39 is 0 Å². The molecule has 1 aliphatic rings. The second-order valence-electron chi connectivity index (χ2n) is 4.82. The maximum absolute atomic E-state index is 11.5. The van der Waals surface area contributed by atoms with E-state index in [9.17, 15) is 4.79 Å². The SMILES string of the molecule is CN=C(NCc1ccoc1)N1CCC(C(=O)OC)CC1. The van der Waals surface area contributed by atoms with E-state index in [0.717, 1.165) is 37.5 Å². The minimum Gasteiger partial charge on any atom is -0.472 e. The Morgan fingerprint density at radius 3 is 2.85 bits per heavy atom. The molecule has 6 nitrogen and oxygen atoms in total. The number of carbonyl (C=O) groups is 1. The highest BCUT2D eigenvalue weighted by Gasteiger charge is 2.26. The number of guanidine groups is 1. The molecule has 1 aliphatic heterocycles. The number of furan rings is 1. The molecule has 0 amide bonds. The maximum atomic E-state index is 11.5. The first-order chi connectivity index (χ1) is 9.74. The first-order valence-electron chi connectivity index (χ1n) is 6.79. The summed E-state index contributed by atoms with van der Waals surface area (Å²) in [7, 11) is 3.21. The molecule has 1 saturated heterocycles. The topological polar surface area (TPSA) is 67.1 Å². The summed E-state index contributed by atoms with van der Waals surface area (Å²) in [5.41, 5.74) is 1.08. The lowest BCUT2D eigenvalue weighted by atomic mass is 9.97. The second kappa shape index (κ2) is 6.98. The van der Waals surface area contributed by atoms with Crippen molar-refractivity contribution in [2.24, 2.45) is 10.9 Å². The van der Waals surface area contributed by atoms with Crippen LogP contribution in [0.25, 0.3) is 0 Å². The highest BCUT2D eigenvalue weighted by molar-refractivity contribution is 5.80. The number of methoxy groups -OCH3 is 1. The Morgan fingerprint density at radius 1 is 1.55 bits per heavy atom. The van der Waals surface area contributed by atoms with Gasteiger partial charge in [0.25, 0.3) is 0 Å². The normalized spacial score (nSPS) is 17.1. The summed E-state index contributed by atoms with van der Waals surface area (Å²) in [6.07, 6.45) is 4.98. The van der Waals surface area contributed by atoms with E-state index in [0.29, 0.717) is 6.54 Å². The zero-order chi connectivity index (χ0) is 14.4. The predicted octanol–water partition coefficient (Wildman–Crippen LogP) is 1.24. The average Bonchev–Trinajstić information content (AvgIpc) is 3.01. The molecular formula is C14H21N3O3. The molecule has 110 valence electrons. The Kier molecular flexibility index (Phi) is 5.03. The van der Waals surface area contributed by atoms with Crippen LogP contribution in [0.5, 0.6) is 0 Å². The standard InChI is InChI=1S/C14H21N3O3/c1-15-14(16-9-11-5-8-20-10-11)17-6-3-12(4-7-17)13(18)19-2/h5,8,10,12H,3-4,6-7,9H2,1-2H3,(H,15,16). The fraction of sp³-hybridized carbons (Fsp3) is 0.571. The van der Waals surface area contributed by atoms with Crippen molar-refractivity contribution in [3.05, 3.63) is 24.2 Å². The van der Waals surface area contributed by atoms with Crippen molar-refractivity contribution in [2.45, 2.75) is 19.4 Å². The van der Waals surface area contributed by atoms with Gasteiger partial charge in [-0.1, -0.05) is 0 Å². The van der Waals surface area contributed by atoms with Crippen molar-refractivity contribution in [1.29, 1.82) is 0 Å². The molecule has 0 radical (unpaired) electrons. The van der Waals surface area contributed by atoms with Gasteiger partial charge in [0.15, 0.2) is 5.96 Å². The van der Waals surface area contributed by atoms with E-state index in [2.05, 4.69) is 15.2 Å². The lowest BCUT2D eigenvalue weighted by molar-refractivity contribution is -0.146. The van der Waals surface area contributed by atoms with E-state index in [1.54, 1.807) is 19.6 Å². The maximum Gasteiger partial charge on any atom is 0.308 e. The first kappa shape index (κ1) is 14.4. The van der Waals surface area contributed by atoms with Crippen LogP contribution in [0.15, 0.2) is 28.0 Å². The van der Waals surface area contributed by atoms with Crippen LogP contribution in [-0.2, 0) is 16.1 Å². The van der Waals surface area contributed by atoms with Gasteiger partial charge in [-0.05, 0) is 18.9 Å². The number of rotatable bonds is 3. The zero-order valence-electron chi connectivity index (χ0n) is 12.0. The van der Waals surface area contributed by atoms with Gasteiger partial charge in [-0.25, -0.2) is 0 Å². The van der Waals surface area contributed by atoms with Crippen molar-refractivity contribution in [2.75, 3.05) is 27.2 Å². The van der Waals surface area contributed by atoms with Gasteiger partial charge in [-0.2, -0.15) is 0 Å². The van der Waals surface area contributed by atoms with Gasteiger partial charge in [0.2, 0.25) is 0 Å². The molecule has 0 unspecified atom stereocenters. The highest BCUT2D eigenvalue weighted by atomic mass is 16.5. The molecule has 1 N–H and O–H groups in total. The Morgan fingerprint density at radius 2 is 2.30 bits per heavy atom. The number of piperidine rings is 1. The summed E-state index contributed by atoms with van der Waals surface area (Å²) >= 11 is 0. The van der Waals surface area contributed by atoms with Crippen molar-refractivity contribution < 1.29 is 13.9 Å². The van der Waals surface area contributed by atoms with Crippen LogP contribution >= 0.6 is 0 Å². The van der Waals surface area contributed by atoms with E-state index >= 15 is 0 Å². The van der Waals surface area contributed by atoms with Crippen molar-refractivity contribution in [3.8, 4) is 0 Å². The Bertz CT molecular complexity index is 448. The van der Waals surface area contributed by atoms with Crippen LogP contribution in [0, 0.1) is 5.92 Å². The second-order valence-corrected chi connectivity index (χ2v) is 4.82. The number of ether oxygens (including phenoxy) is 1. The number of esters is 1. The fourth-order valence-electron chi connectivity index (χ4n) is 2.40. The first-order valence-corrected chi connectivity index (χ1v) is 6.79. The largest absolute Gasteiger partial charge is 0.472 e. The molecule has 0 aromatic carbocycles. The summed E-state index contributed by atoms with van der Waals surface area (Å²) in [6.45, 7) is 2.30. The number of nitrogens with one attached hydrogen (secondary N) is 1. The molecule has 2 heterocycles. The quantitative estimate of drug-likeness (QED) is 0.512. The summed E-state index contributed by atoms with van der Waals surface area (Å²) in [5, 5.41) is 3.30. The lowest BCUT2D eigenvalue weighted by Crippen LogP contribution is -2.46. The van der Waals surface area contributed by atoms with Gasteiger partial charge in [-0.3, -0.25) is 9.79 Å². The third-order valence-electron chi connectivity index (χ3n) is 3.57. The molecule has 1 fully saturated rings. The van der Waals surface area contributed by atoms with Gasteiger partial charge in [-0.15, -0.1) is 0 Å². The minimum atomic E-state index is -0.106. The molecule has 0 atom stereocenters.